The predicted molar refractivity (Wildman–Crippen MR) is 80.9 cm³/mol. The molecule has 1 aliphatic rings. The van der Waals surface area contributed by atoms with Gasteiger partial charge in [-0.2, -0.15) is 18.3 Å². The Bertz CT molecular complexity index is 817. The highest BCUT2D eigenvalue weighted by molar-refractivity contribution is 5.50. The van der Waals surface area contributed by atoms with E-state index in [1.807, 2.05) is 0 Å². The van der Waals surface area contributed by atoms with Gasteiger partial charge >= 0.3 is 6.18 Å². The zero-order valence-corrected chi connectivity index (χ0v) is 13.1. The van der Waals surface area contributed by atoms with E-state index in [0.29, 0.717) is 23.5 Å². The van der Waals surface area contributed by atoms with E-state index in [9.17, 15) is 22.4 Å². The van der Waals surface area contributed by atoms with Crippen LogP contribution in [-0.2, 0) is 6.54 Å². The molecule has 134 valence electrons. The van der Waals surface area contributed by atoms with Crippen LogP contribution in [-0.4, -0.2) is 52.1 Å². The van der Waals surface area contributed by atoms with E-state index in [1.165, 1.54) is 12.5 Å². The molecule has 2 aromatic heterocycles. The lowest BCUT2D eigenvalue weighted by Crippen LogP contribution is -2.59. The summed E-state index contributed by atoms with van der Waals surface area (Å²) in [5.41, 5.74) is -0.398. The highest BCUT2D eigenvalue weighted by atomic mass is 19.4. The molecule has 0 unspecified atom stereocenters. The average Bonchev–Trinajstić information content (AvgIpc) is 2.47. The number of anilines is 2. The lowest BCUT2D eigenvalue weighted by atomic mass is 10.1. The number of hydrogen-bond donors (Lipinski definition) is 0. The first kappa shape index (κ1) is 17.1. The summed E-state index contributed by atoms with van der Waals surface area (Å²) in [5.74, 6) is -0.377. The topological polar surface area (TPSA) is 67.2 Å². The number of halogens is 4. The van der Waals surface area contributed by atoms with Gasteiger partial charge in [0.1, 0.15) is 12.9 Å². The molecule has 25 heavy (non-hydrogen) atoms. The molecular weight excluding hydrogens is 344 g/mol. The predicted octanol–water partition coefficient (Wildman–Crippen LogP) is 1.06. The Labute approximate surface area is 139 Å². The number of hydrogen-bond acceptors (Lipinski definition) is 6. The number of alkyl halides is 3. The van der Waals surface area contributed by atoms with Crippen LogP contribution in [0.5, 0.6) is 0 Å². The third-order valence-electron chi connectivity index (χ3n) is 3.94. The molecular formula is C14H14F4N6O. The van der Waals surface area contributed by atoms with Crippen molar-refractivity contribution in [1.82, 2.24) is 19.7 Å². The number of rotatable bonds is 4. The van der Waals surface area contributed by atoms with Gasteiger partial charge < -0.3 is 9.80 Å². The van der Waals surface area contributed by atoms with Crippen molar-refractivity contribution in [2.75, 3.05) is 29.9 Å². The van der Waals surface area contributed by atoms with Crippen molar-refractivity contribution in [2.24, 2.45) is 0 Å². The van der Waals surface area contributed by atoms with Crippen LogP contribution in [0, 0.1) is 5.82 Å². The molecule has 3 heterocycles. The molecule has 1 fully saturated rings. The maximum atomic E-state index is 13.7. The molecule has 7 nitrogen and oxygen atoms in total. The van der Waals surface area contributed by atoms with E-state index in [2.05, 4.69) is 15.1 Å². The normalized spacial score (nSPS) is 15.2. The maximum absolute atomic E-state index is 13.7. The molecule has 11 heteroatoms. The first-order valence-electron chi connectivity index (χ1n) is 7.32. The summed E-state index contributed by atoms with van der Waals surface area (Å²) < 4.78 is 51.1. The first-order valence-corrected chi connectivity index (χ1v) is 7.32. The van der Waals surface area contributed by atoms with E-state index in [-0.39, 0.29) is 11.9 Å². The van der Waals surface area contributed by atoms with E-state index in [0.717, 1.165) is 12.3 Å². The van der Waals surface area contributed by atoms with Gasteiger partial charge in [-0.05, 0) is 0 Å². The molecule has 0 aliphatic carbocycles. The minimum absolute atomic E-state index is 0.0537. The summed E-state index contributed by atoms with van der Waals surface area (Å²) in [6, 6.07) is 1.06. The van der Waals surface area contributed by atoms with E-state index in [1.54, 1.807) is 16.8 Å². The van der Waals surface area contributed by atoms with Crippen molar-refractivity contribution in [3.8, 4) is 0 Å². The fourth-order valence-corrected chi connectivity index (χ4v) is 2.54. The standard InChI is InChI=1S/C14H14F4N6O/c1-22(13-11(15)4-19-8-20-13)10-5-23(6-10)9-2-12(25)24(21-3-9)7-14(16,17)18/h2-4,8,10H,5-7H2,1H3. The Morgan fingerprint density at radius 2 is 2.04 bits per heavy atom. The van der Waals surface area contributed by atoms with Crippen molar-refractivity contribution in [3.63, 3.8) is 0 Å². The number of aromatic nitrogens is 4. The van der Waals surface area contributed by atoms with Crippen LogP contribution in [0.15, 0.2) is 29.6 Å². The largest absolute Gasteiger partial charge is 0.408 e. The minimum atomic E-state index is -4.51. The second-order valence-corrected chi connectivity index (χ2v) is 5.69. The lowest BCUT2D eigenvalue weighted by Gasteiger charge is -2.45. The van der Waals surface area contributed by atoms with Crippen LogP contribution in [0.1, 0.15) is 0 Å². The molecule has 0 spiro atoms. The van der Waals surface area contributed by atoms with E-state index in [4.69, 9.17) is 0 Å². The summed E-state index contributed by atoms with van der Waals surface area (Å²) in [7, 11) is 1.69. The van der Waals surface area contributed by atoms with Gasteiger partial charge in [-0.3, -0.25) is 4.79 Å². The average molecular weight is 358 g/mol. The molecule has 0 saturated carbocycles. The van der Waals surface area contributed by atoms with Crippen molar-refractivity contribution >= 4 is 11.5 Å². The van der Waals surface area contributed by atoms with Gasteiger partial charge in [0.05, 0.1) is 24.1 Å². The summed E-state index contributed by atoms with van der Waals surface area (Å²) in [4.78, 5) is 22.6. The molecule has 0 atom stereocenters. The Hall–Kier alpha value is -2.72. The highest BCUT2D eigenvalue weighted by Gasteiger charge is 2.33. The molecule has 0 aromatic carbocycles. The van der Waals surface area contributed by atoms with Gasteiger partial charge in [0.25, 0.3) is 5.56 Å². The van der Waals surface area contributed by atoms with E-state index >= 15 is 0 Å². The molecule has 1 saturated heterocycles. The Morgan fingerprint density at radius 1 is 1.32 bits per heavy atom. The van der Waals surface area contributed by atoms with Gasteiger partial charge in [0.15, 0.2) is 11.6 Å². The van der Waals surface area contributed by atoms with Crippen LogP contribution in [0.3, 0.4) is 0 Å². The Kier molecular flexibility index (Phi) is 4.31. The summed E-state index contributed by atoms with van der Waals surface area (Å²) >= 11 is 0. The van der Waals surface area contributed by atoms with Crippen LogP contribution in [0.25, 0.3) is 0 Å². The zero-order chi connectivity index (χ0) is 18.2. The van der Waals surface area contributed by atoms with Gasteiger partial charge in [0, 0.05) is 26.2 Å². The van der Waals surface area contributed by atoms with E-state index < -0.39 is 24.1 Å². The highest BCUT2D eigenvalue weighted by Crippen LogP contribution is 2.25. The van der Waals surface area contributed by atoms with Crippen LogP contribution < -0.4 is 15.4 Å². The molecule has 3 rings (SSSR count). The maximum Gasteiger partial charge on any atom is 0.408 e. The smallest absolute Gasteiger partial charge is 0.366 e. The van der Waals surface area contributed by atoms with Gasteiger partial charge in [0.2, 0.25) is 0 Å². The number of likely N-dealkylation sites (N-methyl/N-ethyl adjacent to an activating group) is 1. The molecule has 1 aliphatic heterocycles. The fourth-order valence-electron chi connectivity index (χ4n) is 2.54. The van der Waals surface area contributed by atoms with Crippen molar-refractivity contribution < 1.29 is 17.6 Å². The van der Waals surface area contributed by atoms with Crippen LogP contribution in [0.2, 0.25) is 0 Å². The third-order valence-corrected chi connectivity index (χ3v) is 3.94. The molecule has 2 aromatic rings. The zero-order valence-electron chi connectivity index (χ0n) is 13.1. The summed E-state index contributed by atoms with van der Waals surface area (Å²) in [5, 5.41) is 3.56. The Morgan fingerprint density at radius 3 is 2.64 bits per heavy atom. The van der Waals surface area contributed by atoms with Crippen LogP contribution >= 0.6 is 0 Å². The van der Waals surface area contributed by atoms with Gasteiger partial charge in [-0.1, -0.05) is 0 Å². The molecule has 0 amide bonds. The summed E-state index contributed by atoms with van der Waals surface area (Å²) in [6.45, 7) is -0.501. The van der Waals surface area contributed by atoms with Crippen molar-refractivity contribution in [1.29, 1.82) is 0 Å². The second kappa shape index (κ2) is 6.30. The van der Waals surface area contributed by atoms with Crippen LogP contribution in [0.4, 0.5) is 29.1 Å². The SMILES string of the molecule is CN(c1ncncc1F)C1CN(c2cnn(CC(F)(F)F)c(=O)c2)C1. The van der Waals surface area contributed by atoms with Gasteiger partial charge in [-0.15, -0.1) is 0 Å². The molecule has 0 radical (unpaired) electrons. The quantitative estimate of drug-likeness (QED) is 0.762. The number of nitrogens with zero attached hydrogens (tertiary/aromatic N) is 6. The lowest BCUT2D eigenvalue weighted by molar-refractivity contribution is -0.143. The van der Waals surface area contributed by atoms with Crippen molar-refractivity contribution in [2.45, 2.75) is 18.8 Å². The molecule has 0 N–H and O–H groups in total. The third kappa shape index (κ3) is 3.69. The fraction of sp³-hybridized carbons (Fsp3) is 0.429. The molecule has 0 bridgehead atoms. The summed E-state index contributed by atoms with van der Waals surface area (Å²) in [6.07, 6.45) is -0.978. The first-order chi connectivity index (χ1) is 11.7. The second-order valence-electron chi connectivity index (χ2n) is 5.69. The monoisotopic (exact) mass is 358 g/mol. The van der Waals surface area contributed by atoms with Crippen molar-refractivity contribution in [3.05, 3.63) is 41.0 Å². The Balaban J connectivity index is 1.66. The minimum Gasteiger partial charge on any atom is -0.366 e. The van der Waals surface area contributed by atoms with Gasteiger partial charge in [-0.25, -0.2) is 19.0 Å².